The highest BCUT2D eigenvalue weighted by atomic mass is 35.5. The van der Waals surface area contributed by atoms with Crippen molar-refractivity contribution in [3.63, 3.8) is 0 Å². The van der Waals surface area contributed by atoms with Crippen molar-refractivity contribution in [2.75, 3.05) is 7.11 Å². The number of halogens is 1. The average molecular weight is 330 g/mol. The van der Waals surface area contributed by atoms with Gasteiger partial charge in [-0.15, -0.1) is 0 Å². The summed E-state index contributed by atoms with van der Waals surface area (Å²) in [6.07, 6.45) is 2.87. The number of carbonyl (C=O) groups is 1. The lowest BCUT2D eigenvalue weighted by Gasteiger charge is -2.19. The SMILES string of the molecule is COC(=O)C1=C[C@H](n2c(C)ccc2C)C[C@H]1c1cccc(Cl)c1. The van der Waals surface area contributed by atoms with Crippen LogP contribution in [0.1, 0.15) is 35.3 Å². The van der Waals surface area contributed by atoms with E-state index in [1.54, 1.807) is 0 Å². The molecule has 0 bridgehead atoms. The van der Waals surface area contributed by atoms with Gasteiger partial charge in [-0.3, -0.25) is 0 Å². The number of aromatic nitrogens is 1. The van der Waals surface area contributed by atoms with Crippen LogP contribution in [-0.4, -0.2) is 17.6 Å². The summed E-state index contributed by atoms with van der Waals surface area (Å²) in [5.74, 6) is -0.257. The summed E-state index contributed by atoms with van der Waals surface area (Å²) >= 11 is 6.13. The molecule has 1 aromatic heterocycles. The Labute approximate surface area is 141 Å². The maximum atomic E-state index is 12.2. The fraction of sp³-hybridized carbons (Fsp3) is 0.316. The van der Waals surface area contributed by atoms with Gasteiger partial charge < -0.3 is 9.30 Å². The van der Waals surface area contributed by atoms with Gasteiger partial charge in [0, 0.05) is 27.9 Å². The zero-order chi connectivity index (χ0) is 16.6. The molecule has 3 rings (SSSR count). The molecule has 0 N–H and O–H groups in total. The number of nitrogens with zero attached hydrogens (tertiary/aromatic N) is 1. The van der Waals surface area contributed by atoms with Crippen LogP contribution in [0, 0.1) is 13.8 Å². The minimum Gasteiger partial charge on any atom is -0.466 e. The predicted octanol–water partition coefficient (Wildman–Crippen LogP) is 4.59. The molecule has 0 spiro atoms. The standard InChI is InChI=1S/C19H20ClNO2/c1-12-7-8-13(2)21(12)16-10-17(18(11-16)19(22)23-3)14-5-4-6-15(20)9-14/h4-9,11,16-17H,10H2,1-3H3/t16-,17+/m1/s1. The molecule has 4 heteroatoms. The lowest BCUT2D eigenvalue weighted by atomic mass is 9.92. The van der Waals surface area contributed by atoms with Gasteiger partial charge in [0.25, 0.3) is 0 Å². The fourth-order valence-electron chi connectivity index (χ4n) is 3.51. The Bertz CT molecular complexity index is 756. The van der Waals surface area contributed by atoms with Gasteiger partial charge >= 0.3 is 5.97 Å². The van der Waals surface area contributed by atoms with Gasteiger partial charge in [-0.25, -0.2) is 4.79 Å². The largest absolute Gasteiger partial charge is 0.466 e. The molecule has 0 saturated heterocycles. The van der Waals surface area contributed by atoms with Crippen LogP contribution in [0.3, 0.4) is 0 Å². The normalized spacial score (nSPS) is 20.4. The van der Waals surface area contributed by atoms with Crippen molar-refractivity contribution in [1.82, 2.24) is 4.57 Å². The molecule has 0 fully saturated rings. The summed E-state index contributed by atoms with van der Waals surface area (Å²) in [7, 11) is 1.43. The Morgan fingerprint density at radius 1 is 1.22 bits per heavy atom. The number of hydrogen-bond donors (Lipinski definition) is 0. The van der Waals surface area contributed by atoms with Crippen LogP contribution in [0.2, 0.25) is 5.02 Å². The van der Waals surface area contributed by atoms with E-state index in [1.807, 2.05) is 30.3 Å². The molecule has 3 nitrogen and oxygen atoms in total. The maximum Gasteiger partial charge on any atom is 0.334 e. The highest BCUT2D eigenvalue weighted by Gasteiger charge is 2.34. The first kappa shape index (κ1) is 15.9. The Morgan fingerprint density at radius 3 is 2.52 bits per heavy atom. The third-order valence-electron chi connectivity index (χ3n) is 4.55. The predicted molar refractivity (Wildman–Crippen MR) is 91.9 cm³/mol. The van der Waals surface area contributed by atoms with E-state index < -0.39 is 0 Å². The Balaban J connectivity index is 2.02. The van der Waals surface area contributed by atoms with Gasteiger partial charge in [-0.05, 0) is 50.1 Å². The van der Waals surface area contributed by atoms with Crippen LogP contribution in [0.25, 0.3) is 0 Å². The van der Waals surface area contributed by atoms with Crippen molar-refractivity contribution in [3.8, 4) is 0 Å². The number of benzene rings is 1. The van der Waals surface area contributed by atoms with Gasteiger partial charge in [-0.2, -0.15) is 0 Å². The Morgan fingerprint density at radius 2 is 1.91 bits per heavy atom. The molecule has 0 aliphatic heterocycles. The van der Waals surface area contributed by atoms with Crippen molar-refractivity contribution in [3.05, 3.63) is 70.0 Å². The molecular formula is C19H20ClNO2. The van der Waals surface area contributed by atoms with Gasteiger partial charge in [-0.1, -0.05) is 29.8 Å². The second-order valence-electron chi connectivity index (χ2n) is 6.01. The molecular weight excluding hydrogens is 310 g/mol. The van der Waals surface area contributed by atoms with Gasteiger partial charge in [0.15, 0.2) is 0 Å². The average Bonchev–Trinajstić information content (AvgIpc) is 3.10. The first-order chi connectivity index (χ1) is 11.0. The molecule has 1 aliphatic carbocycles. The van der Waals surface area contributed by atoms with E-state index in [2.05, 4.69) is 30.5 Å². The van der Waals surface area contributed by atoms with Gasteiger partial charge in [0.1, 0.15) is 0 Å². The molecule has 1 heterocycles. The molecule has 1 aromatic carbocycles. The molecule has 0 amide bonds. The second kappa shape index (κ2) is 6.25. The summed E-state index contributed by atoms with van der Waals surface area (Å²) in [4.78, 5) is 12.2. The van der Waals surface area contributed by atoms with Crippen LogP contribution in [-0.2, 0) is 9.53 Å². The van der Waals surface area contributed by atoms with Crippen molar-refractivity contribution in [1.29, 1.82) is 0 Å². The first-order valence-electron chi connectivity index (χ1n) is 7.71. The minimum absolute atomic E-state index is 0.00681. The first-order valence-corrected chi connectivity index (χ1v) is 8.09. The Kier molecular flexibility index (Phi) is 4.31. The third kappa shape index (κ3) is 2.93. The van der Waals surface area contributed by atoms with Crippen molar-refractivity contribution in [2.24, 2.45) is 0 Å². The monoisotopic (exact) mass is 329 g/mol. The van der Waals surface area contributed by atoms with Crippen molar-refractivity contribution in [2.45, 2.75) is 32.2 Å². The van der Waals surface area contributed by atoms with E-state index in [0.29, 0.717) is 10.6 Å². The molecule has 23 heavy (non-hydrogen) atoms. The van der Waals surface area contributed by atoms with Crippen molar-refractivity contribution < 1.29 is 9.53 Å². The summed E-state index contributed by atoms with van der Waals surface area (Å²) in [6, 6.07) is 12.1. The number of methoxy groups -OCH3 is 1. The smallest absolute Gasteiger partial charge is 0.334 e. The Hall–Kier alpha value is -2.00. The lowest BCUT2D eigenvalue weighted by Crippen LogP contribution is -2.11. The minimum atomic E-state index is -0.264. The van der Waals surface area contributed by atoms with E-state index in [4.69, 9.17) is 16.3 Å². The van der Waals surface area contributed by atoms with Crippen molar-refractivity contribution >= 4 is 17.6 Å². The van der Waals surface area contributed by atoms with E-state index in [-0.39, 0.29) is 17.9 Å². The molecule has 0 radical (unpaired) electrons. The lowest BCUT2D eigenvalue weighted by molar-refractivity contribution is -0.136. The summed E-state index contributed by atoms with van der Waals surface area (Å²) < 4.78 is 7.26. The van der Waals surface area contributed by atoms with Crippen LogP contribution in [0.4, 0.5) is 0 Å². The number of rotatable bonds is 3. The van der Waals surface area contributed by atoms with Gasteiger partial charge in [0.2, 0.25) is 0 Å². The van der Waals surface area contributed by atoms with Gasteiger partial charge in [0.05, 0.1) is 13.2 Å². The topological polar surface area (TPSA) is 31.2 Å². The van der Waals surface area contributed by atoms with E-state index in [9.17, 15) is 4.79 Å². The number of ether oxygens (including phenoxy) is 1. The molecule has 1 aliphatic rings. The van der Waals surface area contributed by atoms with E-state index in [0.717, 1.165) is 12.0 Å². The highest BCUT2D eigenvalue weighted by molar-refractivity contribution is 6.30. The van der Waals surface area contributed by atoms with E-state index >= 15 is 0 Å². The number of allylic oxidation sites excluding steroid dienone is 1. The second-order valence-corrected chi connectivity index (χ2v) is 6.45. The van der Waals surface area contributed by atoms with E-state index in [1.165, 1.54) is 18.5 Å². The van der Waals surface area contributed by atoms with Crippen LogP contribution < -0.4 is 0 Å². The molecule has 0 unspecified atom stereocenters. The number of esters is 1. The molecule has 120 valence electrons. The summed E-state index contributed by atoms with van der Waals surface area (Å²) in [6.45, 7) is 4.18. The molecule has 0 saturated carbocycles. The number of hydrogen-bond acceptors (Lipinski definition) is 2. The zero-order valence-electron chi connectivity index (χ0n) is 13.5. The number of aryl methyl sites for hydroxylation is 2. The summed E-state index contributed by atoms with van der Waals surface area (Å²) in [5.41, 5.74) is 4.16. The summed E-state index contributed by atoms with van der Waals surface area (Å²) in [5, 5.41) is 0.684. The van der Waals surface area contributed by atoms with Crippen LogP contribution >= 0.6 is 11.6 Å². The fourth-order valence-corrected chi connectivity index (χ4v) is 3.71. The van der Waals surface area contributed by atoms with Crippen LogP contribution in [0.15, 0.2) is 48.0 Å². The third-order valence-corrected chi connectivity index (χ3v) is 4.79. The molecule has 2 aromatic rings. The number of carbonyl (C=O) groups excluding carboxylic acids is 1. The quantitative estimate of drug-likeness (QED) is 0.771. The molecule has 2 atom stereocenters. The maximum absolute atomic E-state index is 12.2. The highest BCUT2D eigenvalue weighted by Crippen LogP contribution is 2.42. The van der Waals surface area contributed by atoms with Crippen LogP contribution in [0.5, 0.6) is 0 Å². The zero-order valence-corrected chi connectivity index (χ0v) is 14.3.